The SMILES string of the molecule is Cc1nc(NN)cc(NC(C)Cn2cccn2)n1. The molecule has 1 atom stereocenters. The van der Waals surface area contributed by atoms with Gasteiger partial charge in [-0.15, -0.1) is 0 Å². The molecule has 2 aromatic rings. The zero-order chi connectivity index (χ0) is 13.0. The summed E-state index contributed by atoms with van der Waals surface area (Å²) in [6.07, 6.45) is 3.69. The minimum Gasteiger partial charge on any atom is -0.366 e. The molecule has 0 amide bonds. The van der Waals surface area contributed by atoms with E-state index in [1.165, 1.54) is 0 Å². The Labute approximate surface area is 105 Å². The maximum Gasteiger partial charge on any atom is 0.145 e. The van der Waals surface area contributed by atoms with Crippen molar-refractivity contribution >= 4 is 11.6 Å². The van der Waals surface area contributed by atoms with Gasteiger partial charge in [-0.3, -0.25) is 4.68 Å². The molecule has 96 valence electrons. The minimum atomic E-state index is 0.199. The van der Waals surface area contributed by atoms with Gasteiger partial charge in [-0.1, -0.05) is 0 Å². The maximum atomic E-state index is 5.35. The molecule has 0 fully saturated rings. The van der Waals surface area contributed by atoms with E-state index in [1.807, 2.05) is 23.9 Å². The molecule has 0 aliphatic carbocycles. The van der Waals surface area contributed by atoms with Crippen molar-refractivity contribution in [3.63, 3.8) is 0 Å². The predicted molar refractivity (Wildman–Crippen MR) is 69.9 cm³/mol. The van der Waals surface area contributed by atoms with Gasteiger partial charge in [0.05, 0.1) is 6.54 Å². The fourth-order valence-corrected chi connectivity index (χ4v) is 1.70. The molecule has 18 heavy (non-hydrogen) atoms. The number of aromatic nitrogens is 4. The Morgan fingerprint density at radius 2 is 2.17 bits per heavy atom. The van der Waals surface area contributed by atoms with Gasteiger partial charge in [0.2, 0.25) is 0 Å². The van der Waals surface area contributed by atoms with Crippen molar-refractivity contribution in [1.29, 1.82) is 0 Å². The lowest BCUT2D eigenvalue weighted by Crippen LogP contribution is -2.23. The van der Waals surface area contributed by atoms with Crippen LogP contribution in [0.2, 0.25) is 0 Å². The molecule has 0 radical (unpaired) electrons. The lowest BCUT2D eigenvalue weighted by atomic mass is 10.3. The molecule has 0 aromatic carbocycles. The normalized spacial score (nSPS) is 12.2. The highest BCUT2D eigenvalue weighted by Crippen LogP contribution is 2.11. The molecule has 4 N–H and O–H groups in total. The second kappa shape index (κ2) is 5.46. The number of hydrogen-bond donors (Lipinski definition) is 3. The zero-order valence-electron chi connectivity index (χ0n) is 10.5. The van der Waals surface area contributed by atoms with Crippen LogP contribution < -0.4 is 16.6 Å². The first-order valence-electron chi connectivity index (χ1n) is 5.73. The average Bonchev–Trinajstić information content (AvgIpc) is 2.80. The van der Waals surface area contributed by atoms with Crippen LogP contribution in [0.1, 0.15) is 12.7 Å². The van der Waals surface area contributed by atoms with Crippen LogP contribution in [0.4, 0.5) is 11.6 Å². The van der Waals surface area contributed by atoms with Gasteiger partial charge in [0.25, 0.3) is 0 Å². The molecule has 0 spiro atoms. The Morgan fingerprint density at radius 3 is 2.83 bits per heavy atom. The third-order valence-corrected chi connectivity index (χ3v) is 2.40. The van der Waals surface area contributed by atoms with E-state index in [4.69, 9.17) is 5.84 Å². The van der Waals surface area contributed by atoms with Crippen LogP contribution in [0.15, 0.2) is 24.5 Å². The number of anilines is 2. The standard InChI is InChI=1S/C11H17N7/c1-8(7-18-5-3-4-13-18)14-10-6-11(17-12)16-9(2)15-10/h3-6,8H,7,12H2,1-2H3,(H2,14,15,16,17). The first kappa shape index (κ1) is 12.3. The molecular weight excluding hydrogens is 230 g/mol. The number of rotatable bonds is 5. The van der Waals surface area contributed by atoms with Crippen LogP contribution in [0.25, 0.3) is 0 Å². The largest absolute Gasteiger partial charge is 0.366 e. The second-order valence-corrected chi connectivity index (χ2v) is 4.10. The molecule has 0 aliphatic heterocycles. The Kier molecular flexibility index (Phi) is 3.73. The van der Waals surface area contributed by atoms with E-state index in [1.54, 1.807) is 12.3 Å². The van der Waals surface area contributed by atoms with E-state index < -0.39 is 0 Å². The van der Waals surface area contributed by atoms with Crippen molar-refractivity contribution in [3.05, 3.63) is 30.4 Å². The summed E-state index contributed by atoms with van der Waals surface area (Å²) in [6.45, 7) is 4.65. The number of nitrogens with zero attached hydrogens (tertiary/aromatic N) is 4. The van der Waals surface area contributed by atoms with Crippen LogP contribution in [0.5, 0.6) is 0 Å². The maximum absolute atomic E-state index is 5.35. The first-order valence-corrected chi connectivity index (χ1v) is 5.73. The molecule has 7 nitrogen and oxygen atoms in total. The van der Waals surface area contributed by atoms with Crippen molar-refractivity contribution in [3.8, 4) is 0 Å². The third kappa shape index (κ3) is 3.17. The molecule has 1 unspecified atom stereocenters. The van der Waals surface area contributed by atoms with Crippen molar-refractivity contribution in [2.24, 2.45) is 5.84 Å². The van der Waals surface area contributed by atoms with E-state index in [0.29, 0.717) is 11.6 Å². The molecule has 2 heterocycles. The van der Waals surface area contributed by atoms with Crippen LogP contribution in [0.3, 0.4) is 0 Å². The van der Waals surface area contributed by atoms with E-state index in [0.717, 1.165) is 12.4 Å². The van der Waals surface area contributed by atoms with E-state index in [-0.39, 0.29) is 6.04 Å². The first-order chi connectivity index (χ1) is 8.67. The minimum absolute atomic E-state index is 0.199. The van der Waals surface area contributed by atoms with E-state index in [9.17, 15) is 0 Å². The van der Waals surface area contributed by atoms with Crippen molar-refractivity contribution < 1.29 is 0 Å². The van der Waals surface area contributed by atoms with Gasteiger partial charge in [-0.05, 0) is 19.9 Å². The third-order valence-electron chi connectivity index (χ3n) is 2.40. The van der Waals surface area contributed by atoms with Gasteiger partial charge in [-0.25, -0.2) is 15.8 Å². The lowest BCUT2D eigenvalue weighted by molar-refractivity contribution is 0.559. The summed E-state index contributed by atoms with van der Waals surface area (Å²) in [5.41, 5.74) is 2.52. The summed E-state index contributed by atoms with van der Waals surface area (Å²) in [5, 5.41) is 7.45. The van der Waals surface area contributed by atoms with E-state index >= 15 is 0 Å². The Hall–Kier alpha value is -2.15. The Balaban J connectivity index is 2.02. The number of hydrogen-bond acceptors (Lipinski definition) is 6. The van der Waals surface area contributed by atoms with Gasteiger partial charge in [-0.2, -0.15) is 5.10 Å². The van der Waals surface area contributed by atoms with Gasteiger partial charge < -0.3 is 10.7 Å². The molecule has 0 saturated heterocycles. The summed E-state index contributed by atoms with van der Waals surface area (Å²) in [4.78, 5) is 8.43. The van der Waals surface area contributed by atoms with Crippen molar-refractivity contribution in [2.75, 3.05) is 10.7 Å². The Bertz CT molecular complexity index is 494. The molecule has 2 aromatic heterocycles. The summed E-state index contributed by atoms with van der Waals surface area (Å²) >= 11 is 0. The fraction of sp³-hybridized carbons (Fsp3) is 0.364. The summed E-state index contributed by atoms with van der Waals surface area (Å²) in [6, 6.07) is 3.87. The van der Waals surface area contributed by atoms with Crippen LogP contribution in [-0.2, 0) is 6.54 Å². The highest BCUT2D eigenvalue weighted by atomic mass is 15.3. The van der Waals surface area contributed by atoms with Gasteiger partial charge >= 0.3 is 0 Å². The molecule has 0 bridgehead atoms. The predicted octanol–water partition coefficient (Wildman–Crippen LogP) is 0.768. The average molecular weight is 247 g/mol. The van der Waals surface area contributed by atoms with Crippen molar-refractivity contribution in [2.45, 2.75) is 26.4 Å². The molecule has 0 aliphatic rings. The molecule has 7 heteroatoms. The van der Waals surface area contributed by atoms with Gasteiger partial charge in [0.1, 0.15) is 17.5 Å². The number of nitrogens with two attached hydrogens (primary N) is 1. The summed E-state index contributed by atoms with van der Waals surface area (Å²) < 4.78 is 1.87. The second-order valence-electron chi connectivity index (χ2n) is 4.10. The highest BCUT2D eigenvalue weighted by molar-refractivity contribution is 5.47. The summed E-state index contributed by atoms with van der Waals surface area (Å²) in [5.74, 6) is 7.35. The van der Waals surface area contributed by atoms with E-state index in [2.05, 4.69) is 32.7 Å². The highest BCUT2D eigenvalue weighted by Gasteiger charge is 2.06. The van der Waals surface area contributed by atoms with Crippen LogP contribution in [0, 0.1) is 6.92 Å². The Morgan fingerprint density at radius 1 is 1.39 bits per heavy atom. The zero-order valence-corrected chi connectivity index (χ0v) is 10.5. The number of hydrazine groups is 1. The van der Waals surface area contributed by atoms with Crippen LogP contribution in [-0.4, -0.2) is 25.8 Å². The summed E-state index contributed by atoms with van der Waals surface area (Å²) in [7, 11) is 0. The number of nitrogens with one attached hydrogen (secondary N) is 2. The van der Waals surface area contributed by atoms with Crippen molar-refractivity contribution in [1.82, 2.24) is 19.7 Å². The topological polar surface area (TPSA) is 93.7 Å². The lowest BCUT2D eigenvalue weighted by Gasteiger charge is -2.15. The molecule has 0 saturated carbocycles. The van der Waals surface area contributed by atoms with Crippen LogP contribution >= 0.6 is 0 Å². The molecule has 2 rings (SSSR count). The smallest absolute Gasteiger partial charge is 0.145 e. The number of aryl methyl sites for hydroxylation is 1. The fourth-order valence-electron chi connectivity index (χ4n) is 1.70. The number of nitrogen functional groups attached to an aromatic ring is 1. The molecular formula is C11H17N7. The monoisotopic (exact) mass is 247 g/mol. The van der Waals surface area contributed by atoms with Gasteiger partial charge in [0.15, 0.2) is 0 Å². The quantitative estimate of drug-likeness (QED) is 0.533. The van der Waals surface area contributed by atoms with Gasteiger partial charge in [0, 0.05) is 24.5 Å².